The van der Waals surface area contributed by atoms with Crippen LogP contribution in [0.3, 0.4) is 0 Å². The zero-order chi connectivity index (χ0) is 25.4. The van der Waals surface area contributed by atoms with E-state index >= 15 is 0 Å². The van der Waals surface area contributed by atoms with Gasteiger partial charge < -0.3 is 14.4 Å². The number of halogens is 1. The molecule has 10 heteroatoms. The first kappa shape index (κ1) is 23.0. The summed E-state index contributed by atoms with van der Waals surface area (Å²) in [6.07, 6.45) is 3.39. The Labute approximate surface area is 219 Å². The van der Waals surface area contributed by atoms with Crippen molar-refractivity contribution < 1.29 is 9.32 Å². The van der Waals surface area contributed by atoms with Gasteiger partial charge >= 0.3 is 0 Å². The summed E-state index contributed by atoms with van der Waals surface area (Å²) in [5.41, 5.74) is 3.24. The van der Waals surface area contributed by atoms with Gasteiger partial charge in [0.25, 0.3) is 5.91 Å². The van der Waals surface area contributed by atoms with Gasteiger partial charge in [-0.3, -0.25) is 14.3 Å². The van der Waals surface area contributed by atoms with Crippen molar-refractivity contribution in [3.05, 3.63) is 117 Å². The van der Waals surface area contributed by atoms with E-state index in [2.05, 4.69) is 15.6 Å². The van der Waals surface area contributed by atoms with Crippen molar-refractivity contribution in [3.8, 4) is 16.3 Å². The lowest BCUT2D eigenvalue weighted by molar-refractivity contribution is 0.102. The second-order valence-corrected chi connectivity index (χ2v) is 9.97. The fourth-order valence-electron chi connectivity index (χ4n) is 4.01. The maximum Gasteiger partial charge on any atom is 0.276 e. The summed E-state index contributed by atoms with van der Waals surface area (Å²) in [6.45, 7) is 0.338. The third-order valence-corrected chi connectivity index (χ3v) is 7.03. The van der Waals surface area contributed by atoms with E-state index in [1.165, 1.54) is 23.5 Å². The van der Waals surface area contributed by atoms with Crippen molar-refractivity contribution in [3.63, 3.8) is 0 Å². The largest absolute Gasteiger partial charge is 0.355 e. The molecule has 0 saturated carbocycles. The van der Waals surface area contributed by atoms with E-state index in [4.69, 9.17) is 16.1 Å². The van der Waals surface area contributed by atoms with E-state index in [9.17, 15) is 9.59 Å². The van der Waals surface area contributed by atoms with Crippen LogP contribution < -0.4 is 10.7 Å². The van der Waals surface area contributed by atoms with Gasteiger partial charge in [0.2, 0.25) is 0 Å². The number of hydrogen-bond acceptors (Lipinski definition) is 6. The molecule has 0 saturated heterocycles. The highest BCUT2D eigenvalue weighted by atomic mass is 35.5. The van der Waals surface area contributed by atoms with E-state index in [0.717, 1.165) is 21.5 Å². The first-order valence-corrected chi connectivity index (χ1v) is 12.5. The number of thiophene rings is 1. The van der Waals surface area contributed by atoms with E-state index in [-0.39, 0.29) is 11.3 Å². The van der Waals surface area contributed by atoms with Gasteiger partial charge in [0.15, 0.2) is 16.9 Å². The average molecular weight is 528 g/mol. The van der Waals surface area contributed by atoms with Crippen molar-refractivity contribution in [1.82, 2.24) is 19.5 Å². The lowest BCUT2D eigenvalue weighted by atomic mass is 10.2. The quantitative estimate of drug-likeness (QED) is 0.293. The molecule has 1 amide bonds. The minimum absolute atomic E-state index is 0.0526. The maximum absolute atomic E-state index is 13.2. The van der Waals surface area contributed by atoms with Crippen LogP contribution in [0.2, 0.25) is 4.34 Å². The molecule has 37 heavy (non-hydrogen) atoms. The summed E-state index contributed by atoms with van der Waals surface area (Å²) < 4.78 is 9.73. The zero-order valence-corrected chi connectivity index (χ0v) is 20.7. The molecule has 0 bridgehead atoms. The van der Waals surface area contributed by atoms with Crippen LogP contribution in [0.4, 0.5) is 5.69 Å². The minimum atomic E-state index is -0.319. The fraction of sp³-hybridized carbons (Fsp3) is 0.0370. The number of para-hydroxylation sites is 1. The standard InChI is InChI=1S/C27H18ClN5O3S/c28-25-10-9-24(37-25)23-15-18(31-36-23)16-33-22-4-2-1-3-21(22)26(30-33)27(35)29-17-5-7-19(8-6-17)32-13-11-20(34)12-14-32/h1-15H,16H2,(H,29,35). The lowest BCUT2D eigenvalue weighted by Crippen LogP contribution is -2.14. The summed E-state index contributed by atoms with van der Waals surface area (Å²) in [5, 5.41) is 12.4. The molecule has 6 rings (SSSR count). The Morgan fingerprint density at radius 3 is 2.54 bits per heavy atom. The van der Waals surface area contributed by atoms with Crippen LogP contribution in [0.1, 0.15) is 16.2 Å². The second kappa shape index (κ2) is 9.53. The smallest absolute Gasteiger partial charge is 0.276 e. The summed E-state index contributed by atoms with van der Waals surface area (Å²) >= 11 is 7.45. The molecule has 0 unspecified atom stereocenters. The maximum atomic E-state index is 13.2. The van der Waals surface area contributed by atoms with Crippen LogP contribution in [-0.2, 0) is 6.54 Å². The third-order valence-electron chi connectivity index (χ3n) is 5.78. The molecule has 6 aromatic rings. The third kappa shape index (κ3) is 4.69. The number of carbonyl (C=O) groups is 1. The first-order chi connectivity index (χ1) is 18.0. The van der Waals surface area contributed by atoms with Crippen molar-refractivity contribution in [1.29, 1.82) is 0 Å². The van der Waals surface area contributed by atoms with E-state index in [1.807, 2.05) is 59.2 Å². The molecular weight excluding hydrogens is 510 g/mol. The van der Waals surface area contributed by atoms with Crippen LogP contribution in [0.5, 0.6) is 0 Å². The minimum Gasteiger partial charge on any atom is -0.355 e. The number of rotatable bonds is 6. The van der Waals surface area contributed by atoms with Crippen molar-refractivity contribution in [2.45, 2.75) is 6.54 Å². The number of aromatic nitrogens is 4. The number of nitrogens with one attached hydrogen (secondary N) is 1. The molecule has 4 heterocycles. The van der Waals surface area contributed by atoms with Crippen LogP contribution in [0.25, 0.3) is 27.2 Å². The molecule has 182 valence electrons. The predicted molar refractivity (Wildman–Crippen MR) is 144 cm³/mol. The van der Waals surface area contributed by atoms with Gasteiger partial charge in [-0.2, -0.15) is 5.10 Å². The Morgan fingerprint density at radius 1 is 1.00 bits per heavy atom. The highest BCUT2D eigenvalue weighted by Gasteiger charge is 2.19. The highest BCUT2D eigenvalue weighted by Crippen LogP contribution is 2.31. The molecule has 0 aliphatic heterocycles. The molecule has 4 aromatic heterocycles. The molecular formula is C27H18ClN5O3S. The van der Waals surface area contributed by atoms with Gasteiger partial charge in [0.1, 0.15) is 5.69 Å². The van der Waals surface area contributed by atoms with Gasteiger partial charge in [0, 0.05) is 47.4 Å². The zero-order valence-electron chi connectivity index (χ0n) is 19.2. The number of pyridine rings is 1. The average Bonchev–Trinajstić information content (AvgIpc) is 3.64. The second-order valence-electron chi connectivity index (χ2n) is 8.25. The number of nitrogens with zero attached hydrogens (tertiary/aromatic N) is 4. The lowest BCUT2D eigenvalue weighted by Gasteiger charge is -2.08. The SMILES string of the molecule is O=C(Nc1ccc(-n2ccc(=O)cc2)cc1)c1nn(Cc2cc(-c3ccc(Cl)s3)on2)c2ccccc12. The molecule has 0 atom stereocenters. The van der Waals surface area contributed by atoms with Crippen LogP contribution >= 0.6 is 22.9 Å². The van der Waals surface area contributed by atoms with Crippen LogP contribution in [0.15, 0.2) is 101 Å². The molecule has 1 N–H and O–H groups in total. The molecule has 0 radical (unpaired) electrons. The van der Waals surface area contributed by atoms with Crippen molar-refractivity contribution in [2.75, 3.05) is 5.32 Å². The summed E-state index contributed by atoms with van der Waals surface area (Å²) in [7, 11) is 0. The number of carbonyl (C=O) groups excluding carboxylic acids is 1. The summed E-state index contributed by atoms with van der Waals surface area (Å²) in [4.78, 5) is 25.4. The molecule has 0 aliphatic carbocycles. The van der Waals surface area contributed by atoms with Gasteiger partial charge in [-0.15, -0.1) is 11.3 Å². The summed E-state index contributed by atoms with van der Waals surface area (Å²) in [5.74, 6) is 0.312. The van der Waals surface area contributed by atoms with Gasteiger partial charge in [-0.25, -0.2) is 0 Å². The number of amides is 1. The number of hydrogen-bond donors (Lipinski definition) is 1. The van der Waals surface area contributed by atoms with Crippen molar-refractivity contribution >= 4 is 45.4 Å². The van der Waals surface area contributed by atoms with E-state index in [0.29, 0.717) is 33.7 Å². The first-order valence-electron chi connectivity index (χ1n) is 11.3. The Bertz CT molecular complexity index is 1780. The molecule has 0 aliphatic rings. The van der Waals surface area contributed by atoms with Crippen LogP contribution in [0, 0.1) is 0 Å². The highest BCUT2D eigenvalue weighted by molar-refractivity contribution is 7.19. The topological polar surface area (TPSA) is 95.0 Å². The Hall–Kier alpha value is -4.47. The van der Waals surface area contributed by atoms with Gasteiger partial charge in [-0.05, 0) is 42.5 Å². The monoisotopic (exact) mass is 527 g/mol. The number of anilines is 1. The summed E-state index contributed by atoms with van der Waals surface area (Å²) in [6, 6.07) is 23.4. The molecule has 2 aromatic carbocycles. The van der Waals surface area contributed by atoms with Gasteiger partial charge in [0.05, 0.1) is 21.3 Å². The molecule has 0 fully saturated rings. The Balaban J connectivity index is 1.24. The molecule has 8 nitrogen and oxygen atoms in total. The predicted octanol–water partition coefficient (Wildman–Crippen LogP) is 5.86. The normalized spacial score (nSPS) is 11.2. The molecule has 0 spiro atoms. The fourth-order valence-corrected chi connectivity index (χ4v) is 5.00. The van der Waals surface area contributed by atoms with Gasteiger partial charge in [-0.1, -0.05) is 35.0 Å². The Morgan fingerprint density at radius 2 is 1.78 bits per heavy atom. The number of benzene rings is 2. The van der Waals surface area contributed by atoms with Crippen LogP contribution in [-0.4, -0.2) is 25.4 Å². The Kier molecular flexibility index (Phi) is 5.91. The van der Waals surface area contributed by atoms with E-state index < -0.39 is 0 Å². The van der Waals surface area contributed by atoms with Crippen molar-refractivity contribution in [2.24, 2.45) is 0 Å². The van der Waals surface area contributed by atoms with E-state index in [1.54, 1.807) is 29.2 Å². The number of fused-ring (bicyclic) bond motifs is 1.